The Balaban J connectivity index is 1.59. The van der Waals surface area contributed by atoms with Crippen LogP contribution in [0.25, 0.3) is 0 Å². The Morgan fingerprint density at radius 2 is 1.90 bits per heavy atom. The average Bonchev–Trinajstić information content (AvgIpc) is 3.40. The molecule has 0 aliphatic rings. The highest BCUT2D eigenvalue weighted by Gasteiger charge is 2.20. The molecule has 2 heterocycles. The normalized spacial score (nSPS) is 10.8. The number of carbonyl (C=O) groups is 1. The van der Waals surface area contributed by atoms with Gasteiger partial charge in [-0.15, -0.1) is 0 Å². The van der Waals surface area contributed by atoms with Crippen molar-refractivity contribution in [3.63, 3.8) is 0 Å². The minimum atomic E-state index is -0.445. The molecule has 0 N–H and O–H groups in total. The highest BCUT2D eigenvalue weighted by atomic mass is 19.1. The Kier molecular flexibility index (Phi) is 5.52. The number of nitrogens with zero attached hydrogens (tertiary/aromatic N) is 3. The first kappa shape index (κ1) is 18.7. The molecule has 0 atom stereocenters. The maximum atomic E-state index is 13.6. The van der Waals surface area contributed by atoms with Crippen molar-refractivity contribution in [2.75, 3.05) is 0 Å². The van der Waals surface area contributed by atoms with Crippen LogP contribution in [-0.4, -0.2) is 20.4 Å². The lowest BCUT2D eigenvalue weighted by Crippen LogP contribution is -2.31. The van der Waals surface area contributed by atoms with Gasteiger partial charge in [0.2, 0.25) is 0 Å². The zero-order valence-electron chi connectivity index (χ0n) is 15.7. The predicted octanol–water partition coefficient (Wildman–Crippen LogP) is 4.51. The molecule has 4 aromatic rings. The second-order valence-electron chi connectivity index (χ2n) is 6.71. The van der Waals surface area contributed by atoms with Crippen molar-refractivity contribution in [3.8, 4) is 0 Å². The number of imidazole rings is 1. The molecule has 0 unspecified atom stereocenters. The first-order valence-electron chi connectivity index (χ1n) is 9.30. The third kappa shape index (κ3) is 4.60. The van der Waals surface area contributed by atoms with Crippen molar-refractivity contribution in [1.29, 1.82) is 0 Å². The molecule has 0 bridgehead atoms. The smallest absolute Gasteiger partial charge is 0.254 e. The monoisotopic (exact) mass is 389 g/mol. The second kappa shape index (κ2) is 8.56. The summed E-state index contributed by atoms with van der Waals surface area (Å²) in [5.41, 5.74) is 1.43. The van der Waals surface area contributed by atoms with Crippen LogP contribution in [0, 0.1) is 5.82 Å². The maximum Gasteiger partial charge on any atom is 0.254 e. The van der Waals surface area contributed by atoms with E-state index in [1.165, 1.54) is 18.2 Å². The van der Waals surface area contributed by atoms with Gasteiger partial charge in [-0.1, -0.05) is 36.4 Å². The van der Waals surface area contributed by atoms with Crippen LogP contribution in [0.5, 0.6) is 0 Å². The van der Waals surface area contributed by atoms with E-state index in [0.29, 0.717) is 12.3 Å². The van der Waals surface area contributed by atoms with Gasteiger partial charge in [-0.2, -0.15) is 0 Å². The quantitative estimate of drug-likeness (QED) is 0.467. The lowest BCUT2D eigenvalue weighted by molar-refractivity contribution is 0.0710. The van der Waals surface area contributed by atoms with E-state index in [2.05, 4.69) is 4.98 Å². The van der Waals surface area contributed by atoms with Crippen LogP contribution in [0.4, 0.5) is 4.39 Å². The van der Waals surface area contributed by atoms with E-state index in [-0.39, 0.29) is 24.6 Å². The Bertz CT molecular complexity index is 1070. The highest BCUT2D eigenvalue weighted by molar-refractivity contribution is 5.94. The molecule has 2 aromatic carbocycles. The van der Waals surface area contributed by atoms with Gasteiger partial charge < -0.3 is 13.9 Å². The summed E-state index contributed by atoms with van der Waals surface area (Å²) in [6.45, 7) is 1.19. The molecule has 6 heteroatoms. The van der Waals surface area contributed by atoms with Crippen LogP contribution in [0.1, 0.15) is 27.5 Å². The minimum Gasteiger partial charge on any atom is -0.467 e. The number of carbonyl (C=O) groups excluding carboxylic acids is 1. The van der Waals surface area contributed by atoms with E-state index >= 15 is 0 Å². The summed E-state index contributed by atoms with van der Waals surface area (Å²) in [6.07, 6.45) is 5.17. The molecule has 5 nitrogen and oxygen atoms in total. The number of halogens is 1. The van der Waals surface area contributed by atoms with Crippen molar-refractivity contribution in [3.05, 3.63) is 114 Å². The van der Waals surface area contributed by atoms with Gasteiger partial charge in [-0.25, -0.2) is 9.37 Å². The maximum absolute atomic E-state index is 13.6. The largest absolute Gasteiger partial charge is 0.467 e. The summed E-state index contributed by atoms with van der Waals surface area (Å²) in [6, 6.07) is 19.3. The van der Waals surface area contributed by atoms with Crippen molar-refractivity contribution >= 4 is 5.91 Å². The van der Waals surface area contributed by atoms with E-state index in [9.17, 15) is 9.18 Å². The summed E-state index contributed by atoms with van der Waals surface area (Å²) >= 11 is 0. The van der Waals surface area contributed by atoms with Gasteiger partial charge in [-0.05, 0) is 35.9 Å². The van der Waals surface area contributed by atoms with Crippen LogP contribution in [0.15, 0.2) is 89.8 Å². The number of hydrogen-bond acceptors (Lipinski definition) is 3. The van der Waals surface area contributed by atoms with Gasteiger partial charge >= 0.3 is 0 Å². The molecule has 4 rings (SSSR count). The molecule has 0 aliphatic heterocycles. The lowest BCUT2D eigenvalue weighted by atomic mass is 10.2. The molecule has 0 saturated heterocycles. The number of hydrogen-bond donors (Lipinski definition) is 0. The first-order valence-corrected chi connectivity index (χ1v) is 9.30. The van der Waals surface area contributed by atoms with Gasteiger partial charge in [0, 0.05) is 24.5 Å². The molecule has 0 aliphatic carbocycles. The summed E-state index contributed by atoms with van der Waals surface area (Å²) in [7, 11) is 0. The van der Waals surface area contributed by atoms with Gasteiger partial charge in [0.15, 0.2) is 0 Å². The van der Waals surface area contributed by atoms with Crippen molar-refractivity contribution in [2.45, 2.75) is 19.6 Å². The lowest BCUT2D eigenvalue weighted by Gasteiger charge is -2.22. The number of amides is 1. The van der Waals surface area contributed by atoms with Gasteiger partial charge in [0.25, 0.3) is 5.91 Å². The zero-order chi connectivity index (χ0) is 20.1. The molecule has 146 valence electrons. The van der Waals surface area contributed by atoms with Crippen LogP contribution < -0.4 is 0 Å². The van der Waals surface area contributed by atoms with E-state index < -0.39 is 5.82 Å². The van der Waals surface area contributed by atoms with E-state index in [1.54, 1.807) is 29.5 Å². The molecule has 29 heavy (non-hydrogen) atoms. The Morgan fingerprint density at radius 3 is 2.66 bits per heavy atom. The number of benzene rings is 2. The molecule has 0 saturated carbocycles. The van der Waals surface area contributed by atoms with Crippen LogP contribution in [-0.2, 0) is 19.6 Å². The van der Waals surface area contributed by atoms with E-state index in [4.69, 9.17) is 4.42 Å². The molecule has 0 radical (unpaired) electrons. The molecule has 0 fully saturated rings. The fourth-order valence-corrected chi connectivity index (χ4v) is 3.18. The molecule has 0 spiro atoms. The fourth-order valence-electron chi connectivity index (χ4n) is 3.18. The van der Waals surface area contributed by atoms with E-state index in [1.807, 2.05) is 47.2 Å². The van der Waals surface area contributed by atoms with Crippen LogP contribution in [0.3, 0.4) is 0 Å². The summed E-state index contributed by atoms with van der Waals surface area (Å²) < 4.78 is 21.1. The number of aromatic nitrogens is 2. The van der Waals surface area contributed by atoms with E-state index in [0.717, 1.165) is 11.4 Å². The number of furan rings is 1. The molecular weight excluding hydrogens is 369 g/mol. The summed E-state index contributed by atoms with van der Waals surface area (Å²) in [4.78, 5) is 19.1. The average molecular weight is 389 g/mol. The highest BCUT2D eigenvalue weighted by Crippen LogP contribution is 2.16. The fraction of sp³-hybridized carbons (Fsp3) is 0.130. The van der Waals surface area contributed by atoms with Gasteiger partial charge in [-0.3, -0.25) is 4.79 Å². The number of rotatable bonds is 7. The SMILES string of the molecule is O=C(c1cccc(F)c1)N(Cc1ccco1)Cc1nccn1Cc1ccccc1. The van der Waals surface area contributed by atoms with Gasteiger partial charge in [0.05, 0.1) is 19.4 Å². The Labute approximate surface area is 168 Å². The molecule has 2 aromatic heterocycles. The minimum absolute atomic E-state index is 0.264. The van der Waals surface area contributed by atoms with Crippen molar-refractivity contribution < 1.29 is 13.6 Å². The van der Waals surface area contributed by atoms with Gasteiger partial charge in [0.1, 0.15) is 17.4 Å². The second-order valence-corrected chi connectivity index (χ2v) is 6.71. The topological polar surface area (TPSA) is 51.3 Å². The molecule has 1 amide bonds. The Morgan fingerprint density at radius 1 is 1.03 bits per heavy atom. The van der Waals surface area contributed by atoms with Crippen molar-refractivity contribution in [2.24, 2.45) is 0 Å². The standard InChI is InChI=1S/C23H20FN3O2/c24-20-9-4-8-19(14-20)23(28)27(16-21-10-5-13-29-21)17-22-25-11-12-26(22)15-18-6-2-1-3-7-18/h1-14H,15-17H2. The van der Waals surface area contributed by atoms with Crippen LogP contribution in [0.2, 0.25) is 0 Å². The van der Waals surface area contributed by atoms with Crippen molar-refractivity contribution in [1.82, 2.24) is 14.5 Å². The summed E-state index contributed by atoms with van der Waals surface area (Å²) in [5, 5.41) is 0. The predicted molar refractivity (Wildman–Crippen MR) is 106 cm³/mol. The summed E-state index contributed by atoms with van der Waals surface area (Å²) in [5.74, 6) is 0.663. The Hall–Kier alpha value is -3.67. The van der Waals surface area contributed by atoms with Crippen LogP contribution >= 0.6 is 0 Å². The molecular formula is C23H20FN3O2. The zero-order valence-corrected chi connectivity index (χ0v) is 15.7. The first-order chi connectivity index (χ1) is 14.2. The third-order valence-electron chi connectivity index (χ3n) is 4.62. The third-order valence-corrected chi connectivity index (χ3v) is 4.62.